The fraction of sp³-hybridized carbons (Fsp3) is 0.167. The van der Waals surface area contributed by atoms with Gasteiger partial charge in [-0.25, -0.2) is 0 Å². The molecule has 0 aliphatic heterocycles. The van der Waals surface area contributed by atoms with Crippen molar-refractivity contribution < 1.29 is 14.6 Å². The molecule has 0 saturated heterocycles. The highest BCUT2D eigenvalue weighted by molar-refractivity contribution is 7.98. The molecular weight excluding hydrogens is 454 g/mol. The number of nitrogens with one attached hydrogen (secondary N) is 1. The van der Waals surface area contributed by atoms with Crippen LogP contribution in [0.15, 0.2) is 115 Å². The lowest BCUT2D eigenvalue weighted by molar-refractivity contribution is -0.139. The van der Waals surface area contributed by atoms with Gasteiger partial charge in [-0.2, -0.15) is 0 Å². The van der Waals surface area contributed by atoms with Gasteiger partial charge in [0, 0.05) is 0 Å². The molecule has 178 valence electrons. The number of carbonyl (C=O) groups is 1. The summed E-state index contributed by atoms with van der Waals surface area (Å²) < 4.78 is 5.65. The van der Waals surface area contributed by atoms with E-state index in [0.717, 1.165) is 28.0 Å². The van der Waals surface area contributed by atoms with E-state index in [1.54, 1.807) is 11.8 Å². The van der Waals surface area contributed by atoms with Crippen LogP contribution in [-0.4, -0.2) is 29.3 Å². The Kier molecular flexibility index (Phi) is 8.24. The third kappa shape index (κ3) is 5.76. The van der Waals surface area contributed by atoms with Crippen molar-refractivity contribution in [2.24, 2.45) is 0 Å². The Labute approximate surface area is 211 Å². The van der Waals surface area contributed by atoms with E-state index in [-0.39, 0.29) is 0 Å². The van der Waals surface area contributed by atoms with Crippen LogP contribution in [0.5, 0.6) is 5.75 Å². The Morgan fingerprint density at radius 3 is 1.66 bits per heavy atom. The molecule has 0 spiro atoms. The number of rotatable bonds is 11. The van der Waals surface area contributed by atoms with Gasteiger partial charge in [0.2, 0.25) is 0 Å². The van der Waals surface area contributed by atoms with Crippen LogP contribution < -0.4 is 10.1 Å². The zero-order chi connectivity index (χ0) is 24.5. The van der Waals surface area contributed by atoms with Crippen molar-refractivity contribution in [3.8, 4) is 5.75 Å². The van der Waals surface area contributed by atoms with Gasteiger partial charge in [-0.1, -0.05) is 103 Å². The molecule has 0 amide bonds. The minimum atomic E-state index is -0.903. The molecular formula is C30H29NO3S. The van der Waals surface area contributed by atoms with Crippen molar-refractivity contribution in [2.45, 2.75) is 18.0 Å². The summed E-state index contributed by atoms with van der Waals surface area (Å²) in [6.45, 7) is 0. The Hall–Kier alpha value is -3.54. The topological polar surface area (TPSA) is 58.6 Å². The standard InChI is InChI=1S/C30H29NO3S/c1-35-22-34-27-19-17-23(18-20-27)21-28(29(32)33)31-30(24-11-5-2-6-12-24,25-13-7-3-8-14-25)26-15-9-4-10-16-26/h2-20,28,31H,21-22H2,1H3,(H,32,33)/t28-/m1/s1. The summed E-state index contributed by atoms with van der Waals surface area (Å²) in [5.41, 5.74) is 3.00. The molecule has 4 aromatic rings. The lowest BCUT2D eigenvalue weighted by Gasteiger charge is -2.39. The predicted molar refractivity (Wildman–Crippen MR) is 143 cm³/mol. The van der Waals surface area contributed by atoms with Crippen LogP contribution in [0.4, 0.5) is 0 Å². The van der Waals surface area contributed by atoms with Crippen LogP contribution in [0.2, 0.25) is 0 Å². The first-order valence-electron chi connectivity index (χ1n) is 11.5. The third-order valence-electron chi connectivity index (χ3n) is 6.02. The number of ether oxygens (including phenoxy) is 1. The molecule has 0 bridgehead atoms. The fourth-order valence-corrected chi connectivity index (χ4v) is 4.61. The second-order valence-electron chi connectivity index (χ2n) is 8.28. The van der Waals surface area contributed by atoms with Crippen LogP contribution in [0.1, 0.15) is 22.3 Å². The first-order valence-corrected chi connectivity index (χ1v) is 12.9. The van der Waals surface area contributed by atoms with Gasteiger partial charge in [0.05, 0.1) is 5.54 Å². The molecule has 0 saturated carbocycles. The maximum absolute atomic E-state index is 12.6. The van der Waals surface area contributed by atoms with Gasteiger partial charge in [0.15, 0.2) is 0 Å². The van der Waals surface area contributed by atoms with Gasteiger partial charge in [-0.15, -0.1) is 11.8 Å². The molecule has 5 heteroatoms. The van der Waals surface area contributed by atoms with Crippen LogP contribution in [0.25, 0.3) is 0 Å². The average Bonchev–Trinajstić information content (AvgIpc) is 2.92. The molecule has 0 heterocycles. The molecule has 4 rings (SSSR count). The summed E-state index contributed by atoms with van der Waals surface area (Å²) in [4.78, 5) is 12.6. The fourth-order valence-electron chi connectivity index (χ4n) is 4.36. The Morgan fingerprint density at radius 1 is 0.800 bits per heavy atom. The maximum Gasteiger partial charge on any atom is 0.321 e. The van der Waals surface area contributed by atoms with Crippen molar-refractivity contribution in [2.75, 3.05) is 12.2 Å². The summed E-state index contributed by atoms with van der Waals surface area (Å²) in [5, 5.41) is 13.9. The Bertz CT molecular complexity index is 1100. The number of benzene rings is 4. The van der Waals surface area contributed by atoms with Gasteiger partial charge in [0.25, 0.3) is 0 Å². The number of carboxylic acid groups (broad SMARTS) is 1. The van der Waals surface area contributed by atoms with E-state index in [9.17, 15) is 9.90 Å². The van der Waals surface area contributed by atoms with Gasteiger partial charge in [-0.3, -0.25) is 10.1 Å². The van der Waals surface area contributed by atoms with Crippen molar-refractivity contribution >= 4 is 17.7 Å². The highest BCUT2D eigenvalue weighted by Gasteiger charge is 2.39. The monoisotopic (exact) mass is 483 g/mol. The van der Waals surface area contributed by atoms with Crippen LogP contribution in [0, 0.1) is 0 Å². The highest BCUT2D eigenvalue weighted by atomic mass is 32.2. The first-order chi connectivity index (χ1) is 17.1. The third-order valence-corrected chi connectivity index (χ3v) is 6.37. The second-order valence-corrected chi connectivity index (χ2v) is 9.10. The van der Waals surface area contributed by atoms with Gasteiger partial charge >= 0.3 is 5.97 Å². The number of aliphatic carboxylic acids is 1. The second kappa shape index (κ2) is 11.7. The van der Waals surface area contributed by atoms with Crippen molar-refractivity contribution in [3.63, 3.8) is 0 Å². The normalized spacial score (nSPS) is 12.1. The van der Waals surface area contributed by atoms with Gasteiger partial charge in [0.1, 0.15) is 17.7 Å². The largest absolute Gasteiger partial charge is 0.483 e. The number of thioether (sulfide) groups is 1. The van der Waals surface area contributed by atoms with Crippen molar-refractivity contribution in [3.05, 3.63) is 138 Å². The van der Waals surface area contributed by atoms with Crippen LogP contribution in [-0.2, 0) is 16.8 Å². The Balaban J connectivity index is 1.77. The zero-order valence-corrected chi connectivity index (χ0v) is 20.4. The molecule has 35 heavy (non-hydrogen) atoms. The van der Waals surface area contributed by atoms with E-state index in [1.807, 2.05) is 122 Å². The van der Waals surface area contributed by atoms with E-state index >= 15 is 0 Å². The lowest BCUT2D eigenvalue weighted by atomic mass is 9.76. The summed E-state index contributed by atoms with van der Waals surface area (Å²) in [5.74, 6) is 0.446. The van der Waals surface area contributed by atoms with Crippen LogP contribution >= 0.6 is 11.8 Å². The average molecular weight is 484 g/mol. The van der Waals surface area contributed by atoms with Crippen molar-refractivity contribution in [1.82, 2.24) is 5.32 Å². The summed E-state index contributed by atoms with van der Waals surface area (Å²) in [6.07, 6.45) is 2.31. The molecule has 0 unspecified atom stereocenters. The van der Waals surface area contributed by atoms with Crippen molar-refractivity contribution in [1.29, 1.82) is 0 Å². The summed E-state index contributed by atoms with van der Waals surface area (Å²) >= 11 is 1.61. The summed E-state index contributed by atoms with van der Waals surface area (Å²) in [7, 11) is 0. The SMILES string of the molecule is CSCOc1ccc(C[C@@H](NC(c2ccccc2)(c2ccccc2)c2ccccc2)C(=O)O)cc1. The molecule has 4 nitrogen and oxygen atoms in total. The van der Waals surface area contributed by atoms with E-state index in [1.165, 1.54) is 0 Å². The van der Waals surface area contributed by atoms with E-state index in [0.29, 0.717) is 12.4 Å². The molecule has 2 N–H and O–H groups in total. The molecule has 4 aromatic carbocycles. The highest BCUT2D eigenvalue weighted by Crippen LogP contribution is 2.37. The molecule has 0 aromatic heterocycles. The number of hydrogen-bond acceptors (Lipinski definition) is 4. The van der Waals surface area contributed by atoms with E-state index in [4.69, 9.17) is 4.74 Å². The molecule has 0 aliphatic carbocycles. The van der Waals surface area contributed by atoms with Crippen LogP contribution in [0.3, 0.4) is 0 Å². The first kappa shape index (κ1) is 24.6. The number of carboxylic acids is 1. The van der Waals surface area contributed by atoms with Gasteiger partial charge in [-0.05, 0) is 47.1 Å². The molecule has 0 fully saturated rings. The predicted octanol–water partition coefficient (Wildman–Crippen LogP) is 5.96. The van der Waals surface area contributed by atoms with Gasteiger partial charge < -0.3 is 9.84 Å². The smallest absolute Gasteiger partial charge is 0.321 e. The zero-order valence-electron chi connectivity index (χ0n) is 19.6. The van der Waals surface area contributed by atoms with E-state index in [2.05, 4.69) is 5.32 Å². The molecule has 0 radical (unpaired) electrons. The molecule has 0 aliphatic rings. The minimum Gasteiger partial charge on any atom is -0.483 e. The quantitative estimate of drug-likeness (QED) is 0.204. The number of hydrogen-bond donors (Lipinski definition) is 2. The maximum atomic E-state index is 12.6. The minimum absolute atomic E-state index is 0.326. The molecule has 1 atom stereocenters. The lowest BCUT2D eigenvalue weighted by Crippen LogP contribution is -2.53. The Morgan fingerprint density at radius 2 is 1.26 bits per heavy atom. The summed E-state index contributed by atoms with van der Waals surface area (Å²) in [6, 6.07) is 36.9. The van der Waals surface area contributed by atoms with E-state index < -0.39 is 17.6 Å².